The van der Waals surface area contributed by atoms with Crippen LogP contribution in [0.2, 0.25) is 10.0 Å². The van der Waals surface area contributed by atoms with Crippen molar-refractivity contribution in [3.05, 3.63) is 116 Å². The number of hydrogen-bond acceptors (Lipinski definition) is 7. The maximum Gasteiger partial charge on any atom is 0.344 e. The molecular formula is C30H24Cl2O8. The lowest BCUT2D eigenvalue weighted by Gasteiger charge is -2.12. The van der Waals surface area contributed by atoms with Crippen molar-refractivity contribution in [2.75, 3.05) is 0 Å². The molecule has 0 fully saturated rings. The van der Waals surface area contributed by atoms with Gasteiger partial charge >= 0.3 is 11.9 Å². The van der Waals surface area contributed by atoms with Crippen LogP contribution in [0.15, 0.2) is 72.8 Å². The van der Waals surface area contributed by atoms with Crippen molar-refractivity contribution in [3.63, 3.8) is 0 Å². The van der Waals surface area contributed by atoms with Crippen molar-refractivity contribution in [1.29, 1.82) is 0 Å². The number of hydrogen-bond donors (Lipinski definition) is 2. The summed E-state index contributed by atoms with van der Waals surface area (Å²) in [6.07, 6.45) is 0. The van der Waals surface area contributed by atoms with Crippen molar-refractivity contribution in [2.45, 2.75) is 27.1 Å². The second-order valence-electron chi connectivity index (χ2n) is 8.93. The maximum absolute atomic E-state index is 12.7. The molecule has 0 amide bonds. The molecule has 4 aromatic carbocycles. The predicted molar refractivity (Wildman–Crippen MR) is 149 cm³/mol. The fourth-order valence-electron chi connectivity index (χ4n) is 3.94. The Kier molecular flexibility index (Phi) is 9.42. The van der Waals surface area contributed by atoms with E-state index in [0.717, 1.165) is 16.7 Å². The minimum Gasteiger partial charge on any atom is -0.478 e. The molecule has 0 aromatic heterocycles. The first-order valence-electron chi connectivity index (χ1n) is 12.0. The van der Waals surface area contributed by atoms with E-state index in [1.807, 2.05) is 25.1 Å². The zero-order chi connectivity index (χ0) is 28.8. The molecule has 0 heterocycles. The molecule has 0 aliphatic heterocycles. The van der Waals surface area contributed by atoms with E-state index in [1.54, 1.807) is 43.3 Å². The fourth-order valence-corrected chi connectivity index (χ4v) is 4.37. The van der Waals surface area contributed by atoms with Crippen molar-refractivity contribution < 1.29 is 39.4 Å². The van der Waals surface area contributed by atoms with Gasteiger partial charge in [-0.1, -0.05) is 70.7 Å². The molecule has 206 valence electrons. The summed E-state index contributed by atoms with van der Waals surface area (Å²) in [5, 5.41) is 18.6. The van der Waals surface area contributed by atoms with E-state index in [1.165, 1.54) is 18.2 Å². The predicted octanol–water partition coefficient (Wildman–Crippen LogP) is 7.69. The number of carbonyl (C=O) groups is 2. The summed E-state index contributed by atoms with van der Waals surface area (Å²) < 4.78 is 5.40. The molecule has 0 unspecified atom stereocenters. The van der Waals surface area contributed by atoms with Crippen LogP contribution in [0.3, 0.4) is 0 Å². The zero-order valence-corrected chi connectivity index (χ0v) is 23.0. The average molecular weight is 583 g/mol. The molecule has 8 nitrogen and oxygen atoms in total. The number of benzene rings is 4. The van der Waals surface area contributed by atoms with Gasteiger partial charge in [0.1, 0.15) is 19.0 Å². The number of carbonyl (C=O) groups excluding carboxylic acids is 1. The molecule has 2 N–H and O–H groups in total. The van der Waals surface area contributed by atoms with Crippen LogP contribution in [0.1, 0.15) is 43.0 Å². The van der Waals surface area contributed by atoms with Crippen LogP contribution in [0.4, 0.5) is 0 Å². The lowest BCUT2D eigenvalue weighted by atomic mass is 10.0. The summed E-state index contributed by atoms with van der Waals surface area (Å²) in [4.78, 5) is 39.3. The third-order valence-corrected chi connectivity index (χ3v) is 6.56. The lowest BCUT2D eigenvalue weighted by molar-refractivity contribution is -0.253. The standard InChI is InChI=1S/C30H24Cl2O8/c1-17-3-5-21(15-37-36)22(11-17)16-38-40-28-10-7-20(14-26(28)32)19-6-9-27(25(31)13-19)39-30(35)24-12-18(2)4-8-23(24)29(33)34/h3-14,36H,15-16H2,1-2H3,(H,33,34). The molecule has 10 heteroatoms. The fraction of sp³-hybridized carbons (Fsp3) is 0.133. The first-order valence-corrected chi connectivity index (χ1v) is 12.7. The van der Waals surface area contributed by atoms with Crippen LogP contribution >= 0.6 is 23.2 Å². The molecule has 0 aliphatic carbocycles. The first-order chi connectivity index (χ1) is 19.2. The molecule has 0 aliphatic rings. The quantitative estimate of drug-likeness (QED) is 0.0846. The Morgan fingerprint density at radius 3 is 1.98 bits per heavy atom. The third-order valence-electron chi connectivity index (χ3n) is 5.97. The molecule has 0 atom stereocenters. The maximum atomic E-state index is 12.7. The largest absolute Gasteiger partial charge is 0.478 e. The highest BCUT2D eigenvalue weighted by Crippen LogP contribution is 2.35. The van der Waals surface area contributed by atoms with E-state index < -0.39 is 11.9 Å². The highest BCUT2D eigenvalue weighted by atomic mass is 35.5. The Bertz CT molecular complexity index is 1570. The molecule has 40 heavy (non-hydrogen) atoms. The van der Waals surface area contributed by atoms with E-state index in [0.29, 0.717) is 22.4 Å². The monoisotopic (exact) mass is 582 g/mol. The van der Waals surface area contributed by atoms with Gasteiger partial charge in [-0.25, -0.2) is 14.5 Å². The molecule has 4 rings (SSSR count). The summed E-state index contributed by atoms with van der Waals surface area (Å²) in [7, 11) is 0. The van der Waals surface area contributed by atoms with Gasteiger partial charge in [0, 0.05) is 0 Å². The van der Waals surface area contributed by atoms with Gasteiger partial charge in [0.15, 0.2) is 5.75 Å². The van der Waals surface area contributed by atoms with Crippen LogP contribution < -0.4 is 9.62 Å². The van der Waals surface area contributed by atoms with Crippen molar-refractivity contribution in [2.24, 2.45) is 0 Å². The number of carboxylic acid groups (broad SMARTS) is 1. The normalized spacial score (nSPS) is 10.8. The van der Waals surface area contributed by atoms with Crippen LogP contribution in [0, 0.1) is 13.8 Å². The molecule has 0 saturated carbocycles. The summed E-state index contributed by atoms with van der Waals surface area (Å²) in [5.74, 6) is -1.70. The van der Waals surface area contributed by atoms with E-state index >= 15 is 0 Å². The lowest BCUT2D eigenvalue weighted by Crippen LogP contribution is -2.14. The second-order valence-corrected chi connectivity index (χ2v) is 9.74. The summed E-state index contributed by atoms with van der Waals surface area (Å²) >= 11 is 12.8. The van der Waals surface area contributed by atoms with E-state index in [9.17, 15) is 14.7 Å². The van der Waals surface area contributed by atoms with Gasteiger partial charge in [-0.3, -0.25) is 5.26 Å². The van der Waals surface area contributed by atoms with E-state index in [-0.39, 0.29) is 40.1 Å². The van der Waals surface area contributed by atoms with Crippen LogP contribution in [-0.2, 0) is 23.0 Å². The van der Waals surface area contributed by atoms with Gasteiger partial charge in [0.05, 0.1) is 21.2 Å². The van der Waals surface area contributed by atoms with Gasteiger partial charge < -0.3 is 14.7 Å². The van der Waals surface area contributed by atoms with Crippen LogP contribution in [-0.4, -0.2) is 22.3 Å². The average Bonchev–Trinajstić information content (AvgIpc) is 2.92. The van der Waals surface area contributed by atoms with Crippen LogP contribution in [0.5, 0.6) is 11.5 Å². The number of rotatable bonds is 10. The molecule has 0 bridgehead atoms. The molecule has 0 radical (unpaired) electrons. The Labute approximate surface area is 240 Å². The van der Waals surface area contributed by atoms with Gasteiger partial charge in [0.25, 0.3) is 0 Å². The van der Waals surface area contributed by atoms with Gasteiger partial charge in [0.2, 0.25) is 0 Å². The minimum absolute atomic E-state index is 0.0181. The Morgan fingerprint density at radius 2 is 1.35 bits per heavy atom. The highest BCUT2D eigenvalue weighted by molar-refractivity contribution is 6.33. The number of carboxylic acids is 1. The minimum atomic E-state index is -1.24. The molecular weight excluding hydrogens is 559 g/mol. The smallest absolute Gasteiger partial charge is 0.344 e. The Morgan fingerprint density at radius 1 is 0.725 bits per heavy atom. The number of aryl methyl sites for hydroxylation is 2. The number of esters is 1. The van der Waals surface area contributed by atoms with Crippen molar-refractivity contribution in [3.8, 4) is 22.6 Å². The summed E-state index contributed by atoms with van der Waals surface area (Å²) in [6, 6.07) is 19.9. The van der Waals surface area contributed by atoms with Gasteiger partial charge in [-0.2, -0.15) is 4.89 Å². The molecule has 0 spiro atoms. The Balaban J connectivity index is 1.44. The van der Waals surface area contributed by atoms with Gasteiger partial charge in [-0.05, 0) is 72.5 Å². The SMILES string of the molecule is Cc1ccc(COO)c(COOc2ccc(-c3ccc(OC(=O)c4cc(C)ccc4C(=O)O)c(Cl)c3)cc2Cl)c1. The number of ether oxygens (including phenoxy) is 1. The van der Waals surface area contributed by atoms with Crippen LogP contribution in [0.25, 0.3) is 11.1 Å². The van der Waals surface area contributed by atoms with E-state index in [4.69, 9.17) is 43.0 Å². The van der Waals surface area contributed by atoms with E-state index in [2.05, 4.69) is 4.89 Å². The second kappa shape index (κ2) is 13.0. The molecule has 4 aromatic rings. The summed E-state index contributed by atoms with van der Waals surface area (Å²) in [6.45, 7) is 3.80. The summed E-state index contributed by atoms with van der Waals surface area (Å²) in [5.41, 5.74) is 4.44. The van der Waals surface area contributed by atoms with Crippen molar-refractivity contribution in [1.82, 2.24) is 0 Å². The molecule has 0 saturated heterocycles. The number of halogens is 2. The first kappa shape index (κ1) is 29.1. The van der Waals surface area contributed by atoms with Crippen molar-refractivity contribution >= 4 is 35.1 Å². The zero-order valence-electron chi connectivity index (χ0n) is 21.4. The van der Waals surface area contributed by atoms with Gasteiger partial charge in [-0.15, -0.1) is 0 Å². The Hall–Kier alpha value is -3.92. The topological polar surface area (TPSA) is 112 Å². The third kappa shape index (κ3) is 6.98. The highest BCUT2D eigenvalue weighted by Gasteiger charge is 2.20. The number of aromatic carboxylic acids is 1.